The van der Waals surface area contributed by atoms with E-state index in [0.29, 0.717) is 0 Å². The fraction of sp³-hybridized carbons (Fsp3) is 0.292. The quantitative estimate of drug-likeness (QED) is 0.378. The molecule has 0 spiro atoms. The van der Waals surface area contributed by atoms with E-state index in [-0.39, 0.29) is 19.0 Å². The number of benzene rings is 2. The van der Waals surface area contributed by atoms with Crippen molar-refractivity contribution in [2.75, 3.05) is 7.11 Å². The van der Waals surface area contributed by atoms with Crippen LogP contribution in [0.5, 0.6) is 5.75 Å². The number of thiazole rings is 1. The summed E-state index contributed by atoms with van der Waals surface area (Å²) in [5, 5.41) is 0.838. The van der Waals surface area contributed by atoms with Gasteiger partial charge in [-0.1, -0.05) is 18.2 Å². The maximum Gasteiger partial charge on any atom is 0.311 e. The van der Waals surface area contributed by atoms with Gasteiger partial charge < -0.3 is 14.0 Å². The van der Waals surface area contributed by atoms with E-state index in [0.717, 1.165) is 55.9 Å². The molecule has 0 N–H and O–H groups in total. The lowest BCUT2D eigenvalue weighted by atomic mass is 10.2. The van der Waals surface area contributed by atoms with Crippen LogP contribution in [0.25, 0.3) is 21.6 Å². The van der Waals surface area contributed by atoms with E-state index >= 15 is 0 Å². The number of imidazole rings is 1. The van der Waals surface area contributed by atoms with Crippen molar-refractivity contribution in [3.05, 3.63) is 64.4 Å². The fourth-order valence-corrected chi connectivity index (χ4v) is 4.74. The van der Waals surface area contributed by atoms with Crippen LogP contribution in [0, 0.1) is 13.8 Å². The number of ether oxygens (including phenoxy) is 2. The number of hydrogen-bond donors (Lipinski definition) is 0. The third kappa shape index (κ3) is 4.32. The van der Waals surface area contributed by atoms with Crippen LogP contribution in [0.3, 0.4) is 0 Å². The number of fused-ring (bicyclic) bond motifs is 1. The number of aryl methyl sites for hydroxylation is 3. The Hall–Kier alpha value is -3.19. The highest BCUT2D eigenvalue weighted by molar-refractivity contribution is 7.15. The first-order chi connectivity index (χ1) is 15.0. The van der Waals surface area contributed by atoms with Crippen molar-refractivity contribution < 1.29 is 14.3 Å². The molecule has 4 rings (SSSR count). The molecule has 160 valence electrons. The predicted molar refractivity (Wildman–Crippen MR) is 122 cm³/mol. The number of methoxy groups -OCH3 is 1. The van der Waals surface area contributed by atoms with E-state index in [9.17, 15) is 4.79 Å². The number of aromatic nitrogens is 3. The smallest absolute Gasteiger partial charge is 0.311 e. The zero-order chi connectivity index (χ0) is 22.0. The Bertz CT molecular complexity index is 1240. The molecule has 6 nitrogen and oxygen atoms in total. The first kappa shape index (κ1) is 21.1. The highest BCUT2D eigenvalue weighted by atomic mass is 32.1. The van der Waals surface area contributed by atoms with Crippen LogP contribution in [0.2, 0.25) is 0 Å². The zero-order valence-corrected chi connectivity index (χ0v) is 19.0. The third-order valence-corrected chi connectivity index (χ3v) is 6.45. The first-order valence-electron chi connectivity index (χ1n) is 10.2. The van der Waals surface area contributed by atoms with Crippen LogP contribution in [-0.2, 0) is 29.1 Å². The molecule has 7 heteroatoms. The van der Waals surface area contributed by atoms with Gasteiger partial charge in [-0.05, 0) is 50.6 Å². The molecule has 0 saturated carbocycles. The molecule has 0 aliphatic heterocycles. The average Bonchev–Trinajstić information content (AvgIpc) is 3.29. The van der Waals surface area contributed by atoms with Gasteiger partial charge >= 0.3 is 5.97 Å². The summed E-state index contributed by atoms with van der Waals surface area (Å²) in [7, 11) is 1.64. The van der Waals surface area contributed by atoms with E-state index in [1.54, 1.807) is 7.11 Å². The van der Waals surface area contributed by atoms with Gasteiger partial charge in [0.25, 0.3) is 0 Å². The fourth-order valence-electron chi connectivity index (χ4n) is 3.66. The van der Waals surface area contributed by atoms with E-state index in [1.807, 2.05) is 56.3 Å². The van der Waals surface area contributed by atoms with Crippen LogP contribution >= 0.6 is 11.3 Å². The highest BCUT2D eigenvalue weighted by Crippen LogP contribution is 2.34. The van der Waals surface area contributed by atoms with E-state index in [4.69, 9.17) is 9.47 Å². The second-order valence-corrected chi connectivity index (χ2v) is 8.38. The van der Waals surface area contributed by atoms with Crippen molar-refractivity contribution in [3.63, 3.8) is 0 Å². The second-order valence-electron chi connectivity index (χ2n) is 7.29. The summed E-state index contributed by atoms with van der Waals surface area (Å²) in [6.07, 6.45) is 0.199. The molecule has 2 aromatic carbocycles. The Morgan fingerprint density at radius 2 is 1.94 bits per heavy atom. The van der Waals surface area contributed by atoms with Gasteiger partial charge in [0.05, 0.1) is 35.8 Å². The van der Waals surface area contributed by atoms with Crippen molar-refractivity contribution in [3.8, 4) is 16.3 Å². The van der Waals surface area contributed by atoms with Crippen LogP contribution in [0.4, 0.5) is 0 Å². The van der Waals surface area contributed by atoms with Gasteiger partial charge in [0.2, 0.25) is 0 Å². The average molecular weight is 436 g/mol. The molecule has 0 aliphatic carbocycles. The van der Waals surface area contributed by atoms with E-state index in [2.05, 4.69) is 21.5 Å². The molecule has 0 atom stereocenters. The number of carbonyl (C=O) groups is 1. The highest BCUT2D eigenvalue weighted by Gasteiger charge is 2.16. The normalized spacial score (nSPS) is 11.1. The van der Waals surface area contributed by atoms with Crippen LogP contribution in [0.15, 0.2) is 42.5 Å². The summed E-state index contributed by atoms with van der Waals surface area (Å²) in [6.45, 7) is 7.12. The van der Waals surface area contributed by atoms with Gasteiger partial charge in [0.1, 0.15) is 23.2 Å². The molecule has 2 heterocycles. The van der Waals surface area contributed by atoms with Gasteiger partial charge in [-0.15, -0.1) is 11.3 Å². The standard InChI is InChI=1S/C24H25N3O3S/c1-5-27-16(3)26-19-12-17(10-11-20(19)27)14-30-23(28)13-22-15(2)25-24(31-22)18-8-6-7-9-21(18)29-4/h6-12H,5,13-14H2,1-4H3. The van der Waals surface area contributed by atoms with Crippen LogP contribution < -0.4 is 4.74 Å². The van der Waals surface area contributed by atoms with Crippen molar-refractivity contribution in [1.82, 2.24) is 14.5 Å². The first-order valence-corrected chi connectivity index (χ1v) is 11.0. The Kier molecular flexibility index (Phi) is 6.04. The largest absolute Gasteiger partial charge is 0.496 e. The molecular weight excluding hydrogens is 410 g/mol. The Morgan fingerprint density at radius 1 is 1.13 bits per heavy atom. The zero-order valence-electron chi connectivity index (χ0n) is 18.1. The summed E-state index contributed by atoms with van der Waals surface area (Å²) < 4.78 is 13.1. The lowest BCUT2D eigenvalue weighted by Gasteiger charge is -2.06. The summed E-state index contributed by atoms with van der Waals surface area (Å²) in [5.74, 6) is 1.48. The molecule has 0 radical (unpaired) electrons. The molecule has 0 aliphatic rings. The minimum Gasteiger partial charge on any atom is -0.496 e. The lowest BCUT2D eigenvalue weighted by Crippen LogP contribution is -2.07. The predicted octanol–water partition coefficient (Wildman–Crippen LogP) is 5.09. The number of esters is 1. The number of hydrogen-bond acceptors (Lipinski definition) is 6. The van der Waals surface area contributed by atoms with Gasteiger partial charge in [0, 0.05) is 11.4 Å². The maximum absolute atomic E-state index is 12.5. The van der Waals surface area contributed by atoms with Crippen molar-refractivity contribution >= 4 is 28.3 Å². The Balaban J connectivity index is 1.44. The molecule has 0 unspecified atom stereocenters. The van der Waals surface area contributed by atoms with Gasteiger partial charge in [-0.25, -0.2) is 9.97 Å². The number of carbonyl (C=O) groups excluding carboxylic acids is 1. The summed E-state index contributed by atoms with van der Waals surface area (Å²) >= 11 is 1.50. The summed E-state index contributed by atoms with van der Waals surface area (Å²) in [6, 6.07) is 13.8. The van der Waals surface area contributed by atoms with Gasteiger partial charge in [-0.3, -0.25) is 4.79 Å². The molecule has 31 heavy (non-hydrogen) atoms. The van der Waals surface area contributed by atoms with Crippen molar-refractivity contribution in [2.45, 2.75) is 40.3 Å². The molecule has 2 aromatic heterocycles. The monoisotopic (exact) mass is 435 g/mol. The SMILES string of the molecule is CCn1c(C)nc2cc(COC(=O)Cc3sc(-c4ccccc4OC)nc3C)ccc21. The molecule has 0 fully saturated rings. The summed E-state index contributed by atoms with van der Waals surface area (Å²) in [4.78, 5) is 22.6. The lowest BCUT2D eigenvalue weighted by molar-refractivity contribution is -0.144. The molecule has 4 aromatic rings. The molecule has 0 bridgehead atoms. The molecular formula is C24H25N3O3S. The minimum absolute atomic E-state index is 0.199. The van der Waals surface area contributed by atoms with E-state index < -0.39 is 0 Å². The Labute approximate surface area is 185 Å². The Morgan fingerprint density at radius 3 is 2.71 bits per heavy atom. The van der Waals surface area contributed by atoms with E-state index in [1.165, 1.54) is 11.3 Å². The third-order valence-electron chi connectivity index (χ3n) is 5.25. The number of nitrogens with zero attached hydrogens (tertiary/aromatic N) is 3. The van der Waals surface area contributed by atoms with Gasteiger partial charge in [0.15, 0.2) is 0 Å². The number of para-hydroxylation sites is 1. The number of rotatable bonds is 7. The second kappa shape index (κ2) is 8.89. The molecule has 0 saturated heterocycles. The summed E-state index contributed by atoms with van der Waals surface area (Å²) in [5.41, 5.74) is 4.71. The van der Waals surface area contributed by atoms with Crippen molar-refractivity contribution in [2.24, 2.45) is 0 Å². The van der Waals surface area contributed by atoms with Crippen LogP contribution in [-0.4, -0.2) is 27.6 Å². The van der Waals surface area contributed by atoms with Crippen molar-refractivity contribution in [1.29, 1.82) is 0 Å². The maximum atomic E-state index is 12.5. The molecule has 0 amide bonds. The van der Waals surface area contributed by atoms with Gasteiger partial charge in [-0.2, -0.15) is 0 Å². The van der Waals surface area contributed by atoms with Crippen LogP contribution in [0.1, 0.15) is 28.9 Å². The minimum atomic E-state index is -0.270. The topological polar surface area (TPSA) is 66.2 Å².